The highest BCUT2D eigenvalue weighted by Crippen LogP contribution is 2.26. The summed E-state index contributed by atoms with van der Waals surface area (Å²) in [7, 11) is 0. The van der Waals surface area contributed by atoms with E-state index in [-0.39, 0.29) is 11.5 Å². The van der Waals surface area contributed by atoms with Crippen LogP contribution in [-0.2, 0) is 11.2 Å². The molecule has 1 saturated heterocycles. The van der Waals surface area contributed by atoms with Gasteiger partial charge < -0.3 is 14.5 Å². The van der Waals surface area contributed by atoms with Gasteiger partial charge >= 0.3 is 0 Å². The zero-order chi connectivity index (χ0) is 29.3. The first-order chi connectivity index (χ1) is 20.3. The van der Waals surface area contributed by atoms with Crippen molar-refractivity contribution in [3.05, 3.63) is 114 Å². The van der Waals surface area contributed by atoms with Crippen molar-refractivity contribution < 1.29 is 18.7 Å². The van der Waals surface area contributed by atoms with Gasteiger partial charge in [-0.1, -0.05) is 60.7 Å². The molecule has 0 spiro atoms. The molecule has 0 saturated carbocycles. The van der Waals surface area contributed by atoms with Crippen LogP contribution < -0.4 is 4.74 Å². The number of fused-ring (bicyclic) bond motifs is 2. The van der Waals surface area contributed by atoms with Crippen molar-refractivity contribution >= 4 is 33.4 Å². The number of carbonyl (C=O) groups excluding carboxylic acids is 2. The SMILES string of the molecule is CC(C)(Oc1ccc2ccccc2c1)C(=O)N1CCN(C(=O)c2cc(Cc3nncc4ccccc34)ccc2F)CC1. The fraction of sp³-hybridized carbons (Fsp3) is 0.235. The summed E-state index contributed by atoms with van der Waals surface area (Å²) in [6.45, 7) is 4.78. The molecule has 0 atom stereocenters. The number of nitrogens with zero attached hydrogens (tertiary/aromatic N) is 4. The van der Waals surface area contributed by atoms with E-state index < -0.39 is 17.3 Å². The lowest BCUT2D eigenvalue weighted by Gasteiger charge is -2.38. The highest BCUT2D eigenvalue weighted by atomic mass is 19.1. The van der Waals surface area contributed by atoms with E-state index >= 15 is 0 Å². The lowest BCUT2D eigenvalue weighted by atomic mass is 10.0. The van der Waals surface area contributed by atoms with Crippen LogP contribution >= 0.6 is 0 Å². The number of rotatable bonds is 6. The standard InChI is InChI=1S/C34H31FN4O3/c1-34(2,42-27-13-12-24-7-3-4-8-25(24)21-27)33(41)39-17-15-38(16-18-39)32(40)29-19-23(11-14-30(29)35)20-31-28-10-6-5-9-26(28)22-36-37-31/h3-14,19,21-22H,15-18,20H2,1-2H3. The minimum Gasteiger partial charge on any atom is -0.478 e. The van der Waals surface area contributed by atoms with Crippen LogP contribution in [0.4, 0.5) is 4.39 Å². The topological polar surface area (TPSA) is 75.6 Å². The Morgan fingerprint density at radius 3 is 2.31 bits per heavy atom. The maximum Gasteiger partial charge on any atom is 0.266 e. The summed E-state index contributed by atoms with van der Waals surface area (Å²) < 4.78 is 21.0. The van der Waals surface area contributed by atoms with Crippen molar-refractivity contribution in [1.82, 2.24) is 20.0 Å². The Bertz CT molecular complexity index is 1790. The third kappa shape index (κ3) is 5.52. The molecular weight excluding hydrogens is 531 g/mol. The van der Waals surface area contributed by atoms with Gasteiger partial charge in [0.15, 0.2) is 5.60 Å². The van der Waals surface area contributed by atoms with Crippen molar-refractivity contribution in [2.45, 2.75) is 25.9 Å². The van der Waals surface area contributed by atoms with Crippen molar-refractivity contribution in [3.8, 4) is 5.75 Å². The summed E-state index contributed by atoms with van der Waals surface area (Å²) in [6, 6.07) is 26.1. The molecule has 0 bridgehead atoms. The van der Waals surface area contributed by atoms with Crippen LogP contribution in [0.25, 0.3) is 21.5 Å². The quantitative estimate of drug-likeness (QED) is 0.267. The highest BCUT2D eigenvalue weighted by Gasteiger charge is 2.36. The number of carbonyl (C=O) groups is 2. The average molecular weight is 563 g/mol. The normalized spacial score (nSPS) is 13.9. The largest absolute Gasteiger partial charge is 0.478 e. The summed E-state index contributed by atoms with van der Waals surface area (Å²) in [4.78, 5) is 30.1. The Hall–Kier alpha value is -4.85. The summed E-state index contributed by atoms with van der Waals surface area (Å²) >= 11 is 0. The molecule has 1 aromatic heterocycles. The molecule has 212 valence electrons. The van der Waals surface area contributed by atoms with Crippen LogP contribution in [0.15, 0.2) is 91.1 Å². The molecule has 1 aliphatic rings. The van der Waals surface area contributed by atoms with Gasteiger partial charge in [0.2, 0.25) is 0 Å². The Kier molecular flexibility index (Phi) is 7.29. The lowest BCUT2D eigenvalue weighted by molar-refractivity contribution is -0.147. The van der Waals surface area contributed by atoms with E-state index in [0.717, 1.165) is 32.8 Å². The molecule has 5 aromatic rings. The van der Waals surface area contributed by atoms with E-state index in [1.807, 2.05) is 66.7 Å². The first-order valence-electron chi connectivity index (χ1n) is 14.0. The molecule has 2 amide bonds. The average Bonchev–Trinajstić information content (AvgIpc) is 3.01. The number of benzene rings is 4. The van der Waals surface area contributed by atoms with Gasteiger partial charge in [0.25, 0.3) is 11.8 Å². The first-order valence-corrected chi connectivity index (χ1v) is 14.0. The van der Waals surface area contributed by atoms with Crippen LogP contribution in [-0.4, -0.2) is 63.6 Å². The maximum atomic E-state index is 14.9. The van der Waals surface area contributed by atoms with Gasteiger partial charge in [-0.25, -0.2) is 4.39 Å². The predicted molar refractivity (Wildman–Crippen MR) is 160 cm³/mol. The molecule has 7 nitrogen and oxygen atoms in total. The Morgan fingerprint density at radius 1 is 0.833 bits per heavy atom. The van der Waals surface area contributed by atoms with Gasteiger partial charge in [-0.15, -0.1) is 0 Å². The van der Waals surface area contributed by atoms with Gasteiger partial charge in [0.1, 0.15) is 11.6 Å². The van der Waals surface area contributed by atoms with Crippen molar-refractivity contribution in [1.29, 1.82) is 0 Å². The molecule has 6 rings (SSSR count). The van der Waals surface area contributed by atoms with Crippen molar-refractivity contribution in [3.63, 3.8) is 0 Å². The van der Waals surface area contributed by atoms with Gasteiger partial charge in [-0.3, -0.25) is 9.59 Å². The molecule has 0 N–H and O–H groups in total. The van der Waals surface area contributed by atoms with Gasteiger partial charge in [0, 0.05) is 43.4 Å². The first kappa shape index (κ1) is 27.3. The van der Waals surface area contributed by atoms with E-state index in [4.69, 9.17) is 4.74 Å². The van der Waals surface area contributed by atoms with Crippen LogP contribution in [0.1, 0.15) is 35.5 Å². The molecule has 2 heterocycles. The van der Waals surface area contributed by atoms with Crippen molar-refractivity contribution in [2.75, 3.05) is 26.2 Å². The molecule has 1 aliphatic heterocycles. The fourth-order valence-corrected chi connectivity index (χ4v) is 5.49. The van der Waals surface area contributed by atoms with Crippen LogP contribution in [0, 0.1) is 5.82 Å². The van der Waals surface area contributed by atoms with Gasteiger partial charge in [-0.05, 0) is 54.4 Å². The Morgan fingerprint density at radius 2 is 1.52 bits per heavy atom. The molecule has 0 radical (unpaired) electrons. The fourth-order valence-electron chi connectivity index (χ4n) is 5.49. The molecule has 42 heavy (non-hydrogen) atoms. The third-order valence-corrected chi connectivity index (χ3v) is 7.74. The van der Waals surface area contributed by atoms with Gasteiger partial charge in [0.05, 0.1) is 17.5 Å². The zero-order valence-corrected chi connectivity index (χ0v) is 23.6. The summed E-state index contributed by atoms with van der Waals surface area (Å²) in [5.41, 5.74) is 0.450. The summed E-state index contributed by atoms with van der Waals surface area (Å²) in [6.07, 6.45) is 2.13. The zero-order valence-electron chi connectivity index (χ0n) is 23.6. The molecule has 0 aliphatic carbocycles. The van der Waals surface area contributed by atoms with E-state index in [2.05, 4.69) is 10.2 Å². The van der Waals surface area contributed by atoms with Crippen molar-refractivity contribution in [2.24, 2.45) is 0 Å². The highest BCUT2D eigenvalue weighted by molar-refractivity contribution is 5.95. The molecule has 4 aromatic carbocycles. The van der Waals surface area contributed by atoms with E-state index in [1.54, 1.807) is 42.0 Å². The number of hydrogen-bond donors (Lipinski definition) is 0. The summed E-state index contributed by atoms with van der Waals surface area (Å²) in [5.74, 6) is -0.508. The molecular formula is C34H31FN4O3. The van der Waals surface area contributed by atoms with Crippen LogP contribution in [0.2, 0.25) is 0 Å². The third-order valence-electron chi connectivity index (χ3n) is 7.74. The number of halogens is 1. The number of ether oxygens (including phenoxy) is 1. The van der Waals surface area contributed by atoms with Crippen LogP contribution in [0.3, 0.4) is 0 Å². The minimum atomic E-state index is -1.10. The van der Waals surface area contributed by atoms with Crippen LogP contribution in [0.5, 0.6) is 5.75 Å². The molecule has 1 fully saturated rings. The smallest absolute Gasteiger partial charge is 0.266 e. The van der Waals surface area contributed by atoms with Gasteiger partial charge in [-0.2, -0.15) is 10.2 Å². The number of hydrogen-bond acceptors (Lipinski definition) is 5. The molecule has 0 unspecified atom stereocenters. The Labute approximate surface area is 243 Å². The second-order valence-corrected chi connectivity index (χ2v) is 11.1. The molecule has 8 heteroatoms. The van der Waals surface area contributed by atoms with E-state index in [1.165, 1.54) is 6.07 Å². The number of amides is 2. The second kappa shape index (κ2) is 11.2. The number of aromatic nitrogens is 2. The van der Waals surface area contributed by atoms with E-state index in [0.29, 0.717) is 38.3 Å². The Balaban J connectivity index is 1.11. The lowest BCUT2D eigenvalue weighted by Crippen LogP contribution is -2.56. The van der Waals surface area contributed by atoms with E-state index in [9.17, 15) is 14.0 Å². The maximum absolute atomic E-state index is 14.9. The minimum absolute atomic E-state index is 0.0143. The monoisotopic (exact) mass is 562 g/mol. The predicted octanol–water partition coefficient (Wildman–Crippen LogP) is 5.65. The summed E-state index contributed by atoms with van der Waals surface area (Å²) in [5, 5.41) is 12.4. The second-order valence-electron chi connectivity index (χ2n) is 11.1. The number of piperazine rings is 1.